The maximum absolute atomic E-state index is 13.5. The Balaban J connectivity index is 2.38. The highest BCUT2D eigenvalue weighted by atomic mass is 19.1. The van der Waals surface area contributed by atoms with E-state index < -0.39 is 24.1 Å². The Bertz CT molecular complexity index is 475. The summed E-state index contributed by atoms with van der Waals surface area (Å²) in [5.41, 5.74) is 11.2. The number of rotatable bonds is 1. The molecule has 6 heteroatoms. The van der Waals surface area contributed by atoms with Gasteiger partial charge in [-0.1, -0.05) is 0 Å². The normalized spacial score (nSPS) is 21.3. The number of nitrogen functional groups attached to an aromatic ring is 2. The minimum absolute atomic E-state index is 0.0211. The summed E-state index contributed by atoms with van der Waals surface area (Å²) < 4.78 is 25.1. The fourth-order valence-corrected chi connectivity index (χ4v) is 1.80. The van der Waals surface area contributed by atoms with Crippen LogP contribution in [0.25, 0.3) is 0 Å². The van der Waals surface area contributed by atoms with Crippen LogP contribution >= 0.6 is 0 Å². The highest BCUT2D eigenvalue weighted by molar-refractivity contribution is 6.63. The highest BCUT2D eigenvalue weighted by Crippen LogP contribution is 2.37. The van der Waals surface area contributed by atoms with Gasteiger partial charge >= 0.3 is 7.12 Å². The molecule has 1 aliphatic rings. The molecule has 4 nitrogen and oxygen atoms in total. The van der Waals surface area contributed by atoms with Crippen LogP contribution in [0.3, 0.4) is 0 Å². The lowest BCUT2D eigenvalue weighted by Gasteiger charge is -2.32. The van der Waals surface area contributed by atoms with Crippen molar-refractivity contribution >= 4 is 24.0 Å². The van der Waals surface area contributed by atoms with Crippen LogP contribution in [0.5, 0.6) is 0 Å². The molecule has 0 saturated carbocycles. The Morgan fingerprint density at radius 2 is 1.50 bits per heavy atom. The second-order valence-electron chi connectivity index (χ2n) is 5.59. The number of hydrogen-bond donors (Lipinski definition) is 2. The van der Waals surface area contributed by atoms with E-state index in [-0.39, 0.29) is 5.69 Å². The van der Waals surface area contributed by atoms with Crippen molar-refractivity contribution in [3.63, 3.8) is 0 Å². The zero-order valence-corrected chi connectivity index (χ0v) is 11.1. The van der Waals surface area contributed by atoms with E-state index >= 15 is 0 Å². The Hall–Kier alpha value is -1.27. The molecule has 0 spiro atoms. The van der Waals surface area contributed by atoms with Crippen LogP contribution in [0.1, 0.15) is 27.7 Å². The lowest BCUT2D eigenvalue weighted by molar-refractivity contribution is 0.00578. The number of anilines is 2. The summed E-state index contributed by atoms with van der Waals surface area (Å²) in [4.78, 5) is 0. The molecular formula is C12H18BFN2O2. The zero-order chi connectivity index (χ0) is 13.7. The lowest BCUT2D eigenvalue weighted by atomic mass is 9.77. The second kappa shape index (κ2) is 3.86. The van der Waals surface area contributed by atoms with Crippen molar-refractivity contribution < 1.29 is 13.7 Å². The molecule has 2 rings (SSSR count). The molecule has 1 heterocycles. The first-order valence-corrected chi connectivity index (χ1v) is 5.84. The number of hydrogen-bond acceptors (Lipinski definition) is 4. The van der Waals surface area contributed by atoms with Crippen LogP contribution in [0.15, 0.2) is 12.1 Å². The van der Waals surface area contributed by atoms with Crippen molar-refractivity contribution in [2.24, 2.45) is 0 Å². The molecule has 0 atom stereocenters. The van der Waals surface area contributed by atoms with Crippen molar-refractivity contribution in [3.05, 3.63) is 17.9 Å². The smallest absolute Gasteiger partial charge is 0.399 e. The van der Waals surface area contributed by atoms with Gasteiger partial charge in [-0.05, 0) is 39.8 Å². The van der Waals surface area contributed by atoms with Gasteiger partial charge in [-0.15, -0.1) is 0 Å². The van der Waals surface area contributed by atoms with E-state index in [4.69, 9.17) is 20.8 Å². The molecule has 0 unspecified atom stereocenters. The summed E-state index contributed by atoms with van der Waals surface area (Å²) in [6.45, 7) is 7.71. The third-order valence-corrected chi connectivity index (χ3v) is 3.71. The molecule has 18 heavy (non-hydrogen) atoms. The number of nitrogens with two attached hydrogens (primary N) is 2. The van der Waals surface area contributed by atoms with Gasteiger partial charge in [-0.2, -0.15) is 0 Å². The van der Waals surface area contributed by atoms with E-state index in [9.17, 15) is 4.39 Å². The summed E-state index contributed by atoms with van der Waals surface area (Å²) in [7, 11) is -0.676. The molecule has 0 aromatic heterocycles. The Morgan fingerprint density at radius 1 is 1.00 bits per heavy atom. The minimum atomic E-state index is -0.676. The Labute approximate surface area is 107 Å². The van der Waals surface area contributed by atoms with Crippen molar-refractivity contribution in [2.75, 3.05) is 11.5 Å². The van der Waals surface area contributed by atoms with Gasteiger partial charge in [0, 0.05) is 11.2 Å². The quantitative estimate of drug-likeness (QED) is 0.583. The predicted molar refractivity (Wildman–Crippen MR) is 70.9 cm³/mol. The van der Waals surface area contributed by atoms with Gasteiger partial charge in [-0.25, -0.2) is 4.39 Å². The maximum atomic E-state index is 13.5. The van der Waals surface area contributed by atoms with Crippen LogP contribution in [0, 0.1) is 5.82 Å². The van der Waals surface area contributed by atoms with E-state index in [1.54, 1.807) is 0 Å². The van der Waals surface area contributed by atoms with E-state index in [2.05, 4.69) is 0 Å². The number of benzene rings is 1. The average Bonchev–Trinajstić information content (AvgIpc) is 2.42. The Kier molecular flexibility index (Phi) is 2.83. The van der Waals surface area contributed by atoms with Gasteiger partial charge < -0.3 is 20.8 Å². The van der Waals surface area contributed by atoms with Gasteiger partial charge in [0.15, 0.2) is 0 Å². The average molecular weight is 252 g/mol. The van der Waals surface area contributed by atoms with Crippen LogP contribution < -0.4 is 16.9 Å². The third kappa shape index (κ3) is 1.95. The Morgan fingerprint density at radius 3 is 2.00 bits per heavy atom. The first-order valence-electron chi connectivity index (χ1n) is 5.84. The van der Waals surface area contributed by atoms with Gasteiger partial charge in [0.25, 0.3) is 0 Å². The summed E-state index contributed by atoms with van der Waals surface area (Å²) >= 11 is 0. The summed E-state index contributed by atoms with van der Waals surface area (Å²) in [6, 6.07) is 2.66. The molecule has 1 aromatic rings. The van der Waals surface area contributed by atoms with E-state index in [1.165, 1.54) is 12.1 Å². The largest absolute Gasteiger partial charge is 0.497 e. The molecule has 0 amide bonds. The van der Waals surface area contributed by atoms with Gasteiger partial charge in [0.2, 0.25) is 0 Å². The molecule has 1 aromatic carbocycles. The van der Waals surface area contributed by atoms with Crippen molar-refractivity contribution in [1.29, 1.82) is 0 Å². The standard InChI is InChI=1S/C12H18BFN2O2/c1-11(2)12(3,4)18-13(17-11)7-5-8(14)10(16)6-9(7)15/h5-6H,15-16H2,1-4H3. The molecule has 1 aliphatic heterocycles. The highest BCUT2D eigenvalue weighted by Gasteiger charge is 2.52. The first-order chi connectivity index (χ1) is 8.14. The molecule has 0 bridgehead atoms. The monoisotopic (exact) mass is 252 g/mol. The fraction of sp³-hybridized carbons (Fsp3) is 0.500. The van der Waals surface area contributed by atoms with Gasteiger partial charge in [-0.3, -0.25) is 0 Å². The van der Waals surface area contributed by atoms with Crippen LogP contribution in [-0.2, 0) is 9.31 Å². The molecule has 1 saturated heterocycles. The van der Waals surface area contributed by atoms with Crippen LogP contribution in [0.2, 0.25) is 0 Å². The topological polar surface area (TPSA) is 70.5 Å². The second-order valence-corrected chi connectivity index (χ2v) is 5.59. The van der Waals surface area contributed by atoms with E-state index in [0.717, 1.165) is 0 Å². The van der Waals surface area contributed by atoms with Gasteiger partial charge in [0.05, 0.1) is 16.9 Å². The molecular weight excluding hydrogens is 234 g/mol. The zero-order valence-electron chi connectivity index (χ0n) is 11.1. The predicted octanol–water partition coefficient (Wildman–Crippen LogP) is 1.29. The van der Waals surface area contributed by atoms with Crippen LogP contribution in [-0.4, -0.2) is 18.3 Å². The van der Waals surface area contributed by atoms with Gasteiger partial charge in [0.1, 0.15) is 5.82 Å². The van der Waals surface area contributed by atoms with Crippen molar-refractivity contribution in [1.82, 2.24) is 0 Å². The molecule has 98 valence electrons. The molecule has 1 fully saturated rings. The third-order valence-electron chi connectivity index (χ3n) is 3.71. The van der Waals surface area contributed by atoms with E-state index in [1.807, 2.05) is 27.7 Å². The molecule has 0 aliphatic carbocycles. The molecule has 4 N–H and O–H groups in total. The van der Waals surface area contributed by atoms with Crippen molar-refractivity contribution in [3.8, 4) is 0 Å². The lowest BCUT2D eigenvalue weighted by Crippen LogP contribution is -2.41. The fourth-order valence-electron chi connectivity index (χ4n) is 1.80. The summed E-state index contributed by atoms with van der Waals surface area (Å²) in [6.07, 6.45) is 0. The SMILES string of the molecule is CC1(C)OB(c2cc(F)c(N)cc2N)OC1(C)C. The minimum Gasteiger partial charge on any atom is -0.399 e. The molecule has 0 radical (unpaired) electrons. The summed E-state index contributed by atoms with van der Waals surface area (Å²) in [5.74, 6) is -0.520. The van der Waals surface area contributed by atoms with Crippen molar-refractivity contribution in [2.45, 2.75) is 38.9 Å². The first kappa shape index (κ1) is 13.2. The number of halogens is 1. The van der Waals surface area contributed by atoms with E-state index in [0.29, 0.717) is 11.2 Å². The van der Waals surface area contributed by atoms with Crippen LogP contribution in [0.4, 0.5) is 15.8 Å². The summed E-state index contributed by atoms with van der Waals surface area (Å²) in [5, 5.41) is 0. The maximum Gasteiger partial charge on any atom is 0.497 e.